The van der Waals surface area contributed by atoms with Crippen LogP contribution in [0.25, 0.3) is 11.8 Å². The Labute approximate surface area is 183 Å². The minimum Gasteiger partial charge on any atom is -0.494 e. The zero-order valence-electron chi connectivity index (χ0n) is 18.9. The molecule has 6 heteroatoms. The zero-order valence-corrected chi connectivity index (χ0v) is 19.7. The van der Waals surface area contributed by atoms with Crippen LogP contribution in [-0.2, 0) is 4.79 Å². The summed E-state index contributed by atoms with van der Waals surface area (Å²) in [6.07, 6.45) is 2.00. The van der Waals surface area contributed by atoms with Gasteiger partial charge in [0.25, 0.3) is 5.91 Å². The number of amides is 1. The molecule has 160 valence electrons. The molecular weight excluding hydrogens is 394 g/mol. The van der Waals surface area contributed by atoms with Crippen molar-refractivity contribution in [3.05, 3.63) is 52.2 Å². The molecular formula is C24H31N3O2S. The van der Waals surface area contributed by atoms with Crippen LogP contribution in [0.4, 0.5) is 0 Å². The number of thioether (sulfide) groups is 1. The summed E-state index contributed by atoms with van der Waals surface area (Å²) in [5.74, 6) is 0.894. The molecule has 1 aliphatic rings. The average Bonchev–Trinajstić information content (AvgIpc) is 3.12. The number of aliphatic imine (C=N–C) groups is 1. The zero-order chi connectivity index (χ0) is 22.0. The molecule has 0 aliphatic carbocycles. The normalized spacial score (nSPS) is 17.2. The molecule has 1 aromatic carbocycles. The van der Waals surface area contributed by atoms with E-state index in [2.05, 4.69) is 41.6 Å². The molecule has 2 heterocycles. The van der Waals surface area contributed by atoms with E-state index in [1.54, 1.807) is 4.90 Å². The summed E-state index contributed by atoms with van der Waals surface area (Å²) in [5, 5.41) is 0.788. The van der Waals surface area contributed by atoms with Gasteiger partial charge < -0.3 is 9.30 Å². The summed E-state index contributed by atoms with van der Waals surface area (Å²) in [4.78, 5) is 20.2. The van der Waals surface area contributed by atoms with Gasteiger partial charge in [-0.15, -0.1) is 0 Å². The van der Waals surface area contributed by atoms with Crippen molar-refractivity contribution in [3.63, 3.8) is 0 Å². The fraction of sp³-hybridized carbons (Fsp3) is 0.417. The molecule has 2 aromatic rings. The Balaban J connectivity index is 1.97. The van der Waals surface area contributed by atoms with E-state index in [1.165, 1.54) is 11.8 Å². The predicted molar refractivity (Wildman–Crippen MR) is 127 cm³/mol. The summed E-state index contributed by atoms with van der Waals surface area (Å²) >= 11 is 1.47. The van der Waals surface area contributed by atoms with Gasteiger partial charge in [-0.1, -0.05) is 0 Å². The van der Waals surface area contributed by atoms with Crippen molar-refractivity contribution in [2.45, 2.75) is 60.5 Å². The Morgan fingerprint density at radius 3 is 2.37 bits per heavy atom. The molecule has 0 saturated carbocycles. The monoisotopic (exact) mass is 425 g/mol. The molecule has 0 bridgehead atoms. The number of carbonyl (C=O) groups is 1. The van der Waals surface area contributed by atoms with E-state index in [4.69, 9.17) is 4.74 Å². The van der Waals surface area contributed by atoms with E-state index in [1.807, 2.05) is 52.8 Å². The van der Waals surface area contributed by atoms with E-state index in [9.17, 15) is 4.79 Å². The Morgan fingerprint density at radius 2 is 1.80 bits per heavy atom. The molecule has 0 spiro atoms. The van der Waals surface area contributed by atoms with E-state index in [0.717, 1.165) is 38.5 Å². The average molecular weight is 426 g/mol. The molecule has 1 amide bonds. The van der Waals surface area contributed by atoms with Gasteiger partial charge in [-0.3, -0.25) is 14.7 Å². The first-order chi connectivity index (χ1) is 14.2. The van der Waals surface area contributed by atoms with Gasteiger partial charge in [-0.25, -0.2) is 0 Å². The number of aromatic nitrogens is 1. The molecule has 1 aliphatic heterocycles. The van der Waals surface area contributed by atoms with Crippen LogP contribution < -0.4 is 4.74 Å². The van der Waals surface area contributed by atoms with Crippen LogP contribution in [0.15, 0.2) is 40.2 Å². The molecule has 0 radical (unpaired) electrons. The van der Waals surface area contributed by atoms with Crippen molar-refractivity contribution in [1.82, 2.24) is 9.47 Å². The minimum atomic E-state index is 0.0280. The molecule has 1 aromatic heterocycles. The van der Waals surface area contributed by atoms with Crippen LogP contribution in [-0.4, -0.2) is 39.2 Å². The van der Waals surface area contributed by atoms with Crippen molar-refractivity contribution in [2.75, 3.05) is 6.61 Å². The third kappa shape index (κ3) is 4.48. The van der Waals surface area contributed by atoms with Crippen LogP contribution >= 0.6 is 11.8 Å². The van der Waals surface area contributed by atoms with Gasteiger partial charge in [0.05, 0.1) is 11.5 Å². The number of amidine groups is 1. The van der Waals surface area contributed by atoms with Crippen molar-refractivity contribution in [2.24, 2.45) is 4.99 Å². The lowest BCUT2D eigenvalue weighted by atomic mass is 10.2. The fourth-order valence-electron chi connectivity index (χ4n) is 3.58. The summed E-state index contributed by atoms with van der Waals surface area (Å²) in [6, 6.07) is 10.4. The summed E-state index contributed by atoms with van der Waals surface area (Å²) < 4.78 is 7.76. The van der Waals surface area contributed by atoms with Gasteiger partial charge in [0.2, 0.25) is 0 Å². The third-order valence-electron chi connectivity index (χ3n) is 4.88. The predicted octanol–water partition coefficient (Wildman–Crippen LogP) is 5.58. The van der Waals surface area contributed by atoms with Crippen molar-refractivity contribution in [1.29, 1.82) is 0 Å². The molecule has 0 unspecified atom stereocenters. The summed E-state index contributed by atoms with van der Waals surface area (Å²) in [7, 11) is 0. The minimum absolute atomic E-state index is 0.0280. The molecule has 0 atom stereocenters. The lowest BCUT2D eigenvalue weighted by Crippen LogP contribution is -2.35. The summed E-state index contributed by atoms with van der Waals surface area (Å²) in [5.41, 5.74) is 4.35. The van der Waals surface area contributed by atoms with Gasteiger partial charge in [-0.2, -0.15) is 0 Å². The largest absolute Gasteiger partial charge is 0.494 e. The quantitative estimate of drug-likeness (QED) is 0.568. The second-order valence-electron chi connectivity index (χ2n) is 7.97. The first-order valence-corrected chi connectivity index (χ1v) is 11.3. The van der Waals surface area contributed by atoms with Crippen LogP contribution in [0.3, 0.4) is 0 Å². The Bertz CT molecular complexity index is 985. The lowest BCUT2D eigenvalue weighted by molar-refractivity contribution is -0.123. The van der Waals surface area contributed by atoms with Crippen molar-refractivity contribution >= 4 is 28.9 Å². The molecule has 1 saturated heterocycles. The van der Waals surface area contributed by atoms with Crippen LogP contribution in [0.1, 0.15) is 51.6 Å². The number of rotatable bonds is 6. The fourth-order valence-corrected chi connectivity index (χ4v) is 4.81. The second kappa shape index (κ2) is 9.13. The van der Waals surface area contributed by atoms with E-state index in [-0.39, 0.29) is 18.0 Å². The van der Waals surface area contributed by atoms with E-state index >= 15 is 0 Å². The smallest absolute Gasteiger partial charge is 0.266 e. The first-order valence-electron chi connectivity index (χ1n) is 10.5. The van der Waals surface area contributed by atoms with E-state index < -0.39 is 0 Å². The Morgan fingerprint density at radius 1 is 1.13 bits per heavy atom. The highest BCUT2D eigenvalue weighted by molar-refractivity contribution is 8.18. The molecule has 1 fully saturated rings. The van der Waals surface area contributed by atoms with Gasteiger partial charge in [0, 0.05) is 29.2 Å². The molecule has 0 N–H and O–H groups in total. The standard InChI is InChI=1S/C24H31N3O2S/c1-8-29-21-11-9-20(10-12-21)27-17(6)13-19(18(27)7)14-22-23(28)26(16(4)5)24(30-22)25-15(2)3/h9-16H,8H2,1-7H3/b22-14+,25-24?. The van der Waals surface area contributed by atoms with Crippen LogP contribution in [0, 0.1) is 13.8 Å². The molecule has 3 rings (SSSR count). The maximum Gasteiger partial charge on any atom is 0.266 e. The van der Waals surface area contributed by atoms with Crippen molar-refractivity contribution in [3.8, 4) is 11.4 Å². The Kier molecular flexibility index (Phi) is 6.76. The number of hydrogen-bond donors (Lipinski definition) is 0. The summed E-state index contributed by atoms with van der Waals surface area (Å²) in [6.45, 7) is 14.9. The highest BCUT2D eigenvalue weighted by Gasteiger charge is 2.35. The van der Waals surface area contributed by atoms with Gasteiger partial charge in [0.1, 0.15) is 5.75 Å². The molecule has 30 heavy (non-hydrogen) atoms. The maximum atomic E-state index is 13.1. The number of aryl methyl sites for hydroxylation is 1. The highest BCUT2D eigenvalue weighted by Crippen LogP contribution is 2.35. The third-order valence-corrected chi connectivity index (χ3v) is 5.88. The number of hydrogen-bond acceptors (Lipinski definition) is 4. The number of ether oxygens (including phenoxy) is 1. The van der Waals surface area contributed by atoms with Crippen LogP contribution in [0.2, 0.25) is 0 Å². The SMILES string of the molecule is CCOc1ccc(-n2c(C)cc(/C=C3/SC(=NC(C)C)N(C(C)C)C3=O)c2C)cc1. The van der Waals surface area contributed by atoms with E-state index in [0.29, 0.717) is 6.61 Å². The molecule has 5 nitrogen and oxygen atoms in total. The van der Waals surface area contributed by atoms with Gasteiger partial charge in [0.15, 0.2) is 5.17 Å². The first kappa shape index (κ1) is 22.2. The van der Waals surface area contributed by atoms with Crippen molar-refractivity contribution < 1.29 is 9.53 Å². The van der Waals surface area contributed by atoms with Crippen LogP contribution in [0.5, 0.6) is 5.75 Å². The Hall–Kier alpha value is -2.47. The number of nitrogens with zero attached hydrogens (tertiary/aromatic N) is 3. The highest BCUT2D eigenvalue weighted by atomic mass is 32.2. The van der Waals surface area contributed by atoms with Gasteiger partial charge in [-0.05, 0) is 102 Å². The topological polar surface area (TPSA) is 46.8 Å². The number of benzene rings is 1. The maximum absolute atomic E-state index is 13.1. The van der Waals surface area contributed by atoms with Gasteiger partial charge >= 0.3 is 0 Å². The lowest BCUT2D eigenvalue weighted by Gasteiger charge is -2.20. The number of carbonyl (C=O) groups excluding carboxylic acids is 1. The second-order valence-corrected chi connectivity index (χ2v) is 8.98.